The monoisotopic (exact) mass is 872 g/mol. The fourth-order valence-electron chi connectivity index (χ4n) is 7.76. The van der Waals surface area contributed by atoms with Gasteiger partial charge in [-0.25, -0.2) is 19.7 Å². The second-order valence-electron chi connectivity index (χ2n) is 15.8. The third-order valence-electron chi connectivity index (χ3n) is 11.0. The molecule has 1 fully saturated rings. The van der Waals surface area contributed by atoms with Crippen molar-refractivity contribution in [2.24, 2.45) is 0 Å². The quantitative estimate of drug-likeness (QED) is 0.0719. The van der Waals surface area contributed by atoms with Crippen LogP contribution in [0.4, 0.5) is 0 Å². The molecule has 0 spiro atoms. The summed E-state index contributed by atoms with van der Waals surface area (Å²) < 4.78 is 7.85. The number of carbonyl (C=O) groups is 4. The van der Waals surface area contributed by atoms with Crippen molar-refractivity contribution in [3.63, 3.8) is 0 Å². The number of nitrogens with one attached hydrogen (secondary N) is 4. The number of hydrogen-bond acceptors (Lipinski definition) is 12. The first-order valence-corrected chi connectivity index (χ1v) is 20.4. The highest BCUT2D eigenvalue weighted by Gasteiger charge is 2.54. The van der Waals surface area contributed by atoms with Gasteiger partial charge in [0.05, 0.1) is 35.0 Å². The predicted molar refractivity (Wildman–Crippen MR) is 233 cm³/mol. The maximum Gasteiger partial charge on any atom is 0.336 e. The van der Waals surface area contributed by atoms with Crippen LogP contribution in [0.5, 0.6) is 5.75 Å². The second-order valence-corrected chi connectivity index (χ2v) is 15.8. The Morgan fingerprint density at radius 1 is 0.953 bits per heavy atom. The Kier molecular flexibility index (Phi) is 13.3. The van der Waals surface area contributed by atoms with Crippen LogP contribution in [-0.2, 0) is 20.9 Å². The van der Waals surface area contributed by atoms with E-state index in [2.05, 4.69) is 30.9 Å². The summed E-state index contributed by atoms with van der Waals surface area (Å²) in [6, 6.07) is 19.4. The molecule has 18 nitrogen and oxygen atoms in total. The van der Waals surface area contributed by atoms with Gasteiger partial charge in [-0.3, -0.25) is 19.0 Å². The number of aromatic amines is 1. The number of phenols is 1. The van der Waals surface area contributed by atoms with Gasteiger partial charge >= 0.3 is 5.97 Å². The lowest BCUT2D eigenvalue weighted by molar-refractivity contribution is -0.226. The number of rotatable bonds is 15. The number of carbonyl (C=O) groups excluding carboxylic acids is 3. The lowest BCUT2D eigenvalue weighted by Gasteiger charge is -2.47. The maximum atomic E-state index is 13.3. The molecule has 1 saturated heterocycles. The van der Waals surface area contributed by atoms with Crippen LogP contribution in [0, 0.1) is 13.8 Å². The van der Waals surface area contributed by atoms with E-state index in [1.54, 1.807) is 73.3 Å². The number of carboxylic acids is 1. The van der Waals surface area contributed by atoms with E-state index in [9.17, 15) is 44.7 Å². The van der Waals surface area contributed by atoms with Crippen molar-refractivity contribution < 1.29 is 49.4 Å². The van der Waals surface area contributed by atoms with E-state index in [1.807, 2.05) is 30.5 Å². The number of phenolic OH excluding ortho intramolecular Hbond substituents is 1. The molecule has 7 rings (SSSR count). The molecule has 1 aliphatic heterocycles. The molecule has 64 heavy (non-hydrogen) atoms. The Labute approximate surface area is 366 Å². The van der Waals surface area contributed by atoms with Gasteiger partial charge in [0.2, 0.25) is 11.9 Å². The normalized spacial score (nSPS) is 19.6. The van der Waals surface area contributed by atoms with E-state index in [1.165, 1.54) is 25.1 Å². The second kappa shape index (κ2) is 19.0. The van der Waals surface area contributed by atoms with Crippen molar-refractivity contribution >= 4 is 40.8 Å². The zero-order valence-electron chi connectivity index (χ0n) is 35.1. The zero-order valence-corrected chi connectivity index (χ0v) is 35.1. The molecule has 0 bridgehead atoms. The van der Waals surface area contributed by atoms with E-state index in [0.717, 1.165) is 11.3 Å². The molecule has 0 radical (unpaired) electrons. The summed E-state index contributed by atoms with van der Waals surface area (Å²) in [4.78, 5) is 67.8. The maximum absolute atomic E-state index is 13.3. The highest BCUT2D eigenvalue weighted by molar-refractivity contribution is 5.98. The van der Waals surface area contributed by atoms with Gasteiger partial charge < -0.3 is 51.2 Å². The molecule has 3 amide bonds. The molecule has 3 aromatic carbocycles. The van der Waals surface area contributed by atoms with Gasteiger partial charge in [-0.1, -0.05) is 30.4 Å². The fourth-order valence-corrected chi connectivity index (χ4v) is 7.76. The molecule has 3 aromatic heterocycles. The molecular formula is C46H48N8O10. The zero-order chi connectivity index (χ0) is 45.7. The number of aryl methyl sites for hydroxylation is 2. The standard InChI is InChI=1S/C46H48N8O10/c1-25-18-31(19-26(2)38(25)58)43(61)50-24-36(57)39(59)40-37(51-27(3)55)35(56)22-46(64-40,44(62)63)14-5-10-28-8-4-9-29(20-28)23-49-42(60)30-12-13-32-33(21-30)53-41(52-32)34-11-6-17-54(34)45-47-15-7-16-48-45/h4-13,15-21,35-37,39-40,56-59H,14,22-24H2,1-3H3,(H,49,60)(H,50,61)(H,51,55)(H,52,53)(H,62,63)/b10-5+/t35-,36+,37+,39+,40+,46+/m0/s1. The molecule has 1 aliphatic rings. The number of aromatic nitrogens is 5. The first-order valence-electron chi connectivity index (χ1n) is 20.4. The molecule has 9 N–H and O–H groups in total. The minimum absolute atomic E-state index is 0.0374. The van der Waals surface area contributed by atoms with E-state index in [0.29, 0.717) is 45.1 Å². The van der Waals surface area contributed by atoms with Crippen LogP contribution in [0.15, 0.2) is 97.5 Å². The Bertz CT molecular complexity index is 2690. The average molecular weight is 873 g/mol. The highest BCUT2D eigenvalue weighted by Crippen LogP contribution is 2.36. The van der Waals surface area contributed by atoms with Crippen LogP contribution in [0.1, 0.15) is 62.7 Å². The Hall–Kier alpha value is -7.25. The Balaban J connectivity index is 0.994. The number of aliphatic carboxylic acids is 1. The number of ether oxygens (including phenoxy) is 1. The number of H-pyrrole nitrogens is 1. The largest absolute Gasteiger partial charge is 0.507 e. The Morgan fingerprint density at radius 2 is 1.69 bits per heavy atom. The number of aliphatic hydroxyl groups excluding tert-OH is 3. The summed E-state index contributed by atoms with van der Waals surface area (Å²) >= 11 is 0. The fraction of sp³-hybridized carbons (Fsp3) is 0.283. The summed E-state index contributed by atoms with van der Waals surface area (Å²) in [5.74, 6) is -1.87. The van der Waals surface area contributed by atoms with Crippen LogP contribution in [-0.4, -0.2) is 116 Å². The summed E-state index contributed by atoms with van der Waals surface area (Å²) in [7, 11) is 0. The number of carboxylic acid groups (broad SMARTS) is 1. The molecule has 0 saturated carbocycles. The predicted octanol–water partition coefficient (Wildman–Crippen LogP) is 3.10. The van der Waals surface area contributed by atoms with Crippen LogP contribution in [0.2, 0.25) is 0 Å². The molecule has 0 aliphatic carbocycles. The minimum Gasteiger partial charge on any atom is -0.507 e. The number of fused-ring (bicyclic) bond motifs is 1. The van der Waals surface area contributed by atoms with E-state index >= 15 is 0 Å². The van der Waals surface area contributed by atoms with Gasteiger partial charge in [-0.05, 0) is 90.7 Å². The Morgan fingerprint density at radius 3 is 2.41 bits per heavy atom. The van der Waals surface area contributed by atoms with Crippen molar-refractivity contribution in [2.75, 3.05) is 6.54 Å². The van der Waals surface area contributed by atoms with E-state index in [-0.39, 0.29) is 30.2 Å². The first-order chi connectivity index (χ1) is 30.6. The van der Waals surface area contributed by atoms with Crippen molar-refractivity contribution in [2.45, 2.75) is 76.2 Å². The highest BCUT2D eigenvalue weighted by atomic mass is 16.6. The van der Waals surface area contributed by atoms with E-state index < -0.39 is 66.8 Å². The van der Waals surface area contributed by atoms with Crippen molar-refractivity contribution in [3.8, 4) is 23.2 Å². The van der Waals surface area contributed by atoms with Crippen LogP contribution in [0.3, 0.4) is 0 Å². The summed E-state index contributed by atoms with van der Waals surface area (Å²) in [5, 5.41) is 62.0. The molecule has 4 heterocycles. The molecule has 6 atom stereocenters. The number of aromatic hydroxyl groups is 1. The third kappa shape index (κ3) is 9.85. The van der Waals surface area contributed by atoms with Crippen molar-refractivity contribution in [1.82, 2.24) is 40.5 Å². The molecule has 6 aromatic rings. The van der Waals surface area contributed by atoms with Gasteiger partial charge in [0, 0.05) is 62.6 Å². The SMILES string of the molecule is CC(=O)N[C@H]1[C@H]([C@H](O)[C@H](O)CNC(=O)c2cc(C)c(O)c(C)c2)O[C@@](C/C=C/c2cccc(CNC(=O)c3ccc4nc(-c5cccn5-c5ncccn5)[nH]c4c3)c2)(C(=O)O)C[C@@H]1O. The molecule has 18 heteroatoms. The average Bonchev–Trinajstić information content (AvgIpc) is 3.95. The third-order valence-corrected chi connectivity index (χ3v) is 11.0. The number of imidazole rings is 1. The summed E-state index contributed by atoms with van der Waals surface area (Å²) in [5.41, 5.74) is 2.93. The number of aliphatic hydroxyl groups is 3. The lowest BCUT2D eigenvalue weighted by atomic mass is 9.81. The van der Waals surface area contributed by atoms with Crippen molar-refractivity contribution in [3.05, 3.63) is 131 Å². The molecular weight excluding hydrogens is 825 g/mol. The topological polar surface area (TPSA) is 274 Å². The number of hydrogen-bond donors (Lipinski definition) is 9. The summed E-state index contributed by atoms with van der Waals surface area (Å²) in [6.07, 6.45) is 0.841. The van der Waals surface area contributed by atoms with E-state index in [4.69, 9.17) is 9.72 Å². The lowest BCUT2D eigenvalue weighted by Crippen LogP contribution is -2.67. The number of nitrogens with zero attached hydrogens (tertiary/aromatic N) is 4. The van der Waals surface area contributed by atoms with Gasteiger partial charge in [0.25, 0.3) is 11.8 Å². The van der Waals surface area contributed by atoms with Crippen LogP contribution < -0.4 is 16.0 Å². The summed E-state index contributed by atoms with van der Waals surface area (Å²) in [6.45, 7) is 4.10. The number of amides is 3. The van der Waals surface area contributed by atoms with Gasteiger partial charge in [0.1, 0.15) is 18.0 Å². The van der Waals surface area contributed by atoms with Crippen molar-refractivity contribution in [1.29, 1.82) is 0 Å². The van der Waals surface area contributed by atoms with Gasteiger partial charge in [-0.2, -0.15) is 0 Å². The van der Waals surface area contributed by atoms with Crippen LogP contribution in [0.25, 0.3) is 34.6 Å². The first kappa shape index (κ1) is 44.8. The van der Waals surface area contributed by atoms with Gasteiger partial charge in [0.15, 0.2) is 11.4 Å². The van der Waals surface area contributed by atoms with Crippen LogP contribution >= 0.6 is 0 Å². The molecule has 0 unspecified atom stereocenters. The minimum atomic E-state index is -2.09. The number of benzene rings is 3. The van der Waals surface area contributed by atoms with Gasteiger partial charge in [-0.15, -0.1) is 0 Å². The molecule has 332 valence electrons. The smallest absolute Gasteiger partial charge is 0.336 e.